The highest BCUT2D eigenvalue weighted by molar-refractivity contribution is 5.77. The summed E-state index contributed by atoms with van der Waals surface area (Å²) in [5, 5.41) is 13.4. The molecule has 3 heterocycles. The summed E-state index contributed by atoms with van der Waals surface area (Å²) in [5.41, 5.74) is 1.54. The van der Waals surface area contributed by atoms with Crippen LogP contribution in [0, 0.1) is 11.3 Å². The summed E-state index contributed by atoms with van der Waals surface area (Å²) in [6, 6.07) is 9.85. The lowest BCUT2D eigenvalue weighted by Crippen LogP contribution is -2.58. The van der Waals surface area contributed by atoms with Crippen LogP contribution in [-0.4, -0.2) is 52.0 Å². The molecule has 6 nitrogen and oxygen atoms in total. The maximum atomic E-state index is 13.3. The predicted octanol–water partition coefficient (Wildman–Crippen LogP) is 3.09. The van der Waals surface area contributed by atoms with Crippen molar-refractivity contribution in [2.24, 2.45) is 0 Å². The Morgan fingerprint density at radius 1 is 0.962 bits per heavy atom. The number of hydrogen-bond acceptors (Lipinski definition) is 4. The number of nitrogens with zero attached hydrogens (tertiary/aromatic N) is 5. The quantitative estimate of drug-likeness (QED) is 0.840. The van der Waals surface area contributed by atoms with Crippen LogP contribution in [0.25, 0.3) is 0 Å². The largest absolute Gasteiger partial charge is 0.357 e. The highest BCUT2D eigenvalue weighted by Crippen LogP contribution is 2.29. The van der Waals surface area contributed by atoms with Gasteiger partial charge in [-0.15, -0.1) is 0 Å². The molecule has 0 aliphatic carbocycles. The van der Waals surface area contributed by atoms with E-state index in [-0.39, 0.29) is 6.03 Å². The fourth-order valence-electron chi connectivity index (χ4n) is 4.03. The zero-order valence-corrected chi connectivity index (χ0v) is 15.1. The van der Waals surface area contributed by atoms with Gasteiger partial charge < -0.3 is 4.90 Å². The van der Waals surface area contributed by atoms with Gasteiger partial charge in [-0.05, 0) is 43.7 Å². The van der Waals surface area contributed by atoms with Gasteiger partial charge in [0.05, 0.1) is 24.4 Å². The van der Waals surface area contributed by atoms with Crippen molar-refractivity contribution in [1.82, 2.24) is 19.8 Å². The molecule has 0 N–H and O–H groups in total. The van der Waals surface area contributed by atoms with Crippen molar-refractivity contribution in [3.63, 3.8) is 0 Å². The smallest absolute Gasteiger partial charge is 0.344 e. The third-order valence-corrected chi connectivity index (χ3v) is 5.46. The Labute approximate surface area is 154 Å². The maximum absolute atomic E-state index is 13.3. The molecule has 0 spiro atoms. The van der Waals surface area contributed by atoms with Crippen molar-refractivity contribution in [2.45, 2.75) is 38.6 Å². The summed E-state index contributed by atoms with van der Waals surface area (Å²) in [4.78, 5) is 17.5. The van der Waals surface area contributed by atoms with Crippen LogP contribution in [0.15, 0.2) is 36.3 Å². The Morgan fingerprint density at radius 2 is 1.69 bits per heavy atom. The molecular weight excluding hydrogens is 326 g/mol. The van der Waals surface area contributed by atoms with Gasteiger partial charge in [0.1, 0.15) is 5.82 Å². The number of urea groups is 1. The van der Waals surface area contributed by atoms with Crippen molar-refractivity contribution in [1.29, 1.82) is 5.26 Å². The number of rotatable bonds is 3. The molecule has 0 saturated carbocycles. The Hall–Kier alpha value is -2.68. The summed E-state index contributed by atoms with van der Waals surface area (Å²) in [6.07, 6.45) is 7.88. The van der Waals surface area contributed by atoms with E-state index >= 15 is 0 Å². The molecule has 0 radical (unpaired) electrons. The maximum Gasteiger partial charge on any atom is 0.344 e. The van der Waals surface area contributed by atoms with Crippen molar-refractivity contribution in [3.05, 3.63) is 47.4 Å². The van der Waals surface area contributed by atoms with E-state index in [9.17, 15) is 10.1 Å². The molecule has 0 aromatic heterocycles. The van der Waals surface area contributed by atoms with Gasteiger partial charge in [-0.3, -0.25) is 9.91 Å². The minimum atomic E-state index is 0.0283. The van der Waals surface area contributed by atoms with Crippen LogP contribution < -0.4 is 0 Å². The fourth-order valence-corrected chi connectivity index (χ4v) is 4.03. The van der Waals surface area contributed by atoms with Crippen molar-refractivity contribution >= 4 is 6.03 Å². The summed E-state index contributed by atoms with van der Waals surface area (Å²) in [7, 11) is 0. The molecule has 2 fully saturated rings. The van der Waals surface area contributed by atoms with Gasteiger partial charge in [0, 0.05) is 26.2 Å². The number of hydrogen-bond donors (Lipinski definition) is 0. The number of piperidine rings is 1. The number of carbonyl (C=O) groups is 1. The van der Waals surface area contributed by atoms with Gasteiger partial charge >= 0.3 is 6.03 Å². The minimum absolute atomic E-state index is 0.0283. The Kier molecular flexibility index (Phi) is 4.70. The normalized spacial score (nSPS) is 20.6. The topological polar surface area (TPSA) is 53.8 Å². The van der Waals surface area contributed by atoms with Crippen LogP contribution in [0.5, 0.6) is 0 Å². The van der Waals surface area contributed by atoms with Crippen LogP contribution >= 0.6 is 0 Å². The zero-order valence-electron chi connectivity index (χ0n) is 15.1. The molecule has 136 valence electrons. The van der Waals surface area contributed by atoms with Crippen LogP contribution in [0.1, 0.15) is 43.2 Å². The van der Waals surface area contributed by atoms with E-state index in [0.717, 1.165) is 63.2 Å². The number of benzene rings is 1. The Bertz CT molecular complexity index is 747. The number of carbonyl (C=O) groups excluding carboxylic acids is 1. The molecule has 6 heteroatoms. The van der Waals surface area contributed by atoms with Crippen LogP contribution in [0.2, 0.25) is 0 Å². The monoisotopic (exact) mass is 351 g/mol. The van der Waals surface area contributed by atoms with Crippen molar-refractivity contribution in [3.8, 4) is 6.07 Å². The van der Waals surface area contributed by atoms with Gasteiger partial charge in [-0.25, -0.2) is 9.80 Å². The van der Waals surface area contributed by atoms with Crippen molar-refractivity contribution in [2.75, 3.05) is 26.2 Å². The van der Waals surface area contributed by atoms with Gasteiger partial charge in [0.25, 0.3) is 0 Å². The summed E-state index contributed by atoms with van der Waals surface area (Å²) in [6.45, 7) is 4.08. The summed E-state index contributed by atoms with van der Waals surface area (Å²) < 4.78 is 0. The summed E-state index contributed by atoms with van der Waals surface area (Å²) >= 11 is 0. The molecule has 26 heavy (non-hydrogen) atoms. The molecule has 2 amide bonds. The highest BCUT2D eigenvalue weighted by Gasteiger charge is 2.36. The average Bonchev–Trinajstić information content (AvgIpc) is 2.71. The molecule has 0 bridgehead atoms. The van der Waals surface area contributed by atoms with Crippen molar-refractivity contribution < 1.29 is 4.79 Å². The molecule has 0 unspecified atom stereocenters. The van der Waals surface area contributed by atoms with Gasteiger partial charge in [-0.2, -0.15) is 5.26 Å². The molecule has 3 aliphatic rings. The second-order valence-electron chi connectivity index (χ2n) is 7.17. The average molecular weight is 351 g/mol. The van der Waals surface area contributed by atoms with E-state index in [1.54, 1.807) is 0 Å². The highest BCUT2D eigenvalue weighted by atomic mass is 16.2. The predicted molar refractivity (Wildman–Crippen MR) is 98.2 cm³/mol. The Morgan fingerprint density at radius 3 is 2.50 bits per heavy atom. The van der Waals surface area contributed by atoms with Gasteiger partial charge in [-0.1, -0.05) is 18.2 Å². The first kappa shape index (κ1) is 16.8. The Balaban J connectivity index is 1.68. The summed E-state index contributed by atoms with van der Waals surface area (Å²) in [5.74, 6) is 0.987. The number of fused-ring (bicyclic) bond motifs is 1. The molecule has 2 saturated heterocycles. The van der Waals surface area contributed by atoms with Crippen LogP contribution in [-0.2, 0) is 6.54 Å². The molecule has 0 atom stereocenters. The number of nitriles is 1. The first-order valence-electron chi connectivity index (χ1n) is 9.58. The lowest BCUT2D eigenvalue weighted by molar-refractivity contribution is -0.00908. The zero-order chi connectivity index (χ0) is 17.9. The van der Waals surface area contributed by atoms with Crippen LogP contribution in [0.4, 0.5) is 4.79 Å². The van der Waals surface area contributed by atoms with Gasteiger partial charge in [0.15, 0.2) is 0 Å². The first-order valence-corrected chi connectivity index (χ1v) is 9.58. The third kappa shape index (κ3) is 3.10. The molecular formula is C20H25N5O. The minimum Gasteiger partial charge on any atom is -0.357 e. The molecule has 4 rings (SSSR count). The van der Waals surface area contributed by atoms with Crippen LogP contribution in [0.3, 0.4) is 0 Å². The number of amides is 2. The second kappa shape index (κ2) is 7.28. The first-order chi connectivity index (χ1) is 12.8. The van der Waals surface area contributed by atoms with E-state index < -0.39 is 0 Å². The molecule has 1 aromatic carbocycles. The standard InChI is InChI=1S/C20H25N5O/c21-14-17-8-2-3-9-18(17)15-24-19(22-10-4-1-5-11-22)16-23-12-6-7-13-25(23)20(24)26/h2-3,8-9,16H,1,4-7,10-13,15H2. The SMILES string of the molecule is N#Cc1ccccc1CN1C(=O)N2CCCCN2C=C1N1CCCCC1. The van der Waals surface area contributed by atoms with E-state index in [1.807, 2.05) is 34.2 Å². The van der Waals surface area contributed by atoms with E-state index in [1.165, 1.54) is 6.42 Å². The fraction of sp³-hybridized carbons (Fsp3) is 0.500. The molecule has 1 aromatic rings. The number of likely N-dealkylation sites (tertiary alicyclic amines) is 1. The number of hydrazine groups is 1. The van der Waals surface area contributed by atoms with Gasteiger partial charge in [0.2, 0.25) is 0 Å². The van der Waals surface area contributed by atoms with E-state index in [2.05, 4.69) is 22.2 Å². The molecule has 3 aliphatic heterocycles. The third-order valence-electron chi connectivity index (χ3n) is 5.46. The van der Waals surface area contributed by atoms with E-state index in [4.69, 9.17) is 0 Å². The lowest BCUT2D eigenvalue weighted by atomic mass is 10.1. The van der Waals surface area contributed by atoms with E-state index in [0.29, 0.717) is 12.1 Å². The second-order valence-corrected chi connectivity index (χ2v) is 7.17. The lowest BCUT2D eigenvalue weighted by Gasteiger charge is -2.48.